The van der Waals surface area contributed by atoms with Gasteiger partial charge in [-0.25, -0.2) is 4.99 Å². The molecule has 0 saturated carbocycles. The lowest BCUT2D eigenvalue weighted by Crippen LogP contribution is -2.49. The number of ether oxygens (including phenoxy) is 2. The normalized spacial score (nSPS) is 17.2. The Morgan fingerprint density at radius 3 is 2.80 bits per heavy atom. The second-order valence-electron chi connectivity index (χ2n) is 6.07. The third-order valence-electron chi connectivity index (χ3n) is 4.57. The van der Waals surface area contributed by atoms with Gasteiger partial charge in [-0.05, 0) is 12.1 Å². The fraction of sp³-hybridized carbons (Fsp3) is 0.389. The highest BCUT2D eigenvalue weighted by Crippen LogP contribution is 2.41. The number of amidine groups is 1. The van der Waals surface area contributed by atoms with Crippen molar-refractivity contribution in [3.8, 4) is 17.2 Å². The Balaban J connectivity index is 1.68. The van der Waals surface area contributed by atoms with E-state index >= 15 is 0 Å². The molecule has 0 spiro atoms. The Kier molecular flexibility index (Phi) is 4.61. The zero-order valence-electron chi connectivity index (χ0n) is 14.1. The molecular formula is C18H21N3O3S. The minimum atomic E-state index is 0.205. The largest absolute Gasteiger partial charge is 0.497 e. The molecule has 0 atom stereocenters. The summed E-state index contributed by atoms with van der Waals surface area (Å²) in [5, 5.41) is 13.2. The molecule has 3 heterocycles. The molecule has 2 aliphatic rings. The van der Waals surface area contributed by atoms with Gasteiger partial charge < -0.3 is 19.5 Å². The first-order valence-electron chi connectivity index (χ1n) is 8.38. The van der Waals surface area contributed by atoms with Gasteiger partial charge in [-0.3, -0.25) is 4.90 Å². The van der Waals surface area contributed by atoms with E-state index in [4.69, 9.17) is 19.6 Å². The summed E-state index contributed by atoms with van der Waals surface area (Å²) >= 11 is 1.62. The van der Waals surface area contributed by atoms with Crippen molar-refractivity contribution < 1.29 is 14.6 Å². The Hall–Kier alpha value is -2.09. The number of methoxy groups -OCH3 is 1. The van der Waals surface area contributed by atoms with Crippen LogP contribution in [0.2, 0.25) is 0 Å². The number of piperazine rings is 1. The van der Waals surface area contributed by atoms with E-state index in [1.165, 1.54) is 0 Å². The Morgan fingerprint density at radius 2 is 2.04 bits per heavy atom. The molecule has 0 radical (unpaired) electrons. The van der Waals surface area contributed by atoms with Crippen molar-refractivity contribution in [2.24, 2.45) is 4.99 Å². The number of aliphatic imine (C=N–C) groups is 1. The summed E-state index contributed by atoms with van der Waals surface area (Å²) < 4.78 is 11.4. The van der Waals surface area contributed by atoms with Gasteiger partial charge in [0.1, 0.15) is 23.0 Å². The molecule has 25 heavy (non-hydrogen) atoms. The van der Waals surface area contributed by atoms with Crippen LogP contribution in [0, 0.1) is 0 Å². The summed E-state index contributed by atoms with van der Waals surface area (Å²) in [4.78, 5) is 9.51. The van der Waals surface area contributed by atoms with Gasteiger partial charge in [0, 0.05) is 49.6 Å². The third-order valence-corrected chi connectivity index (χ3v) is 5.29. The van der Waals surface area contributed by atoms with Crippen LogP contribution in [0.1, 0.15) is 5.56 Å². The summed E-state index contributed by atoms with van der Waals surface area (Å²) in [5.41, 5.74) is 1.82. The van der Waals surface area contributed by atoms with Crippen LogP contribution in [0.3, 0.4) is 0 Å². The van der Waals surface area contributed by atoms with Gasteiger partial charge in [-0.15, -0.1) is 11.3 Å². The smallest absolute Gasteiger partial charge is 0.153 e. The van der Waals surface area contributed by atoms with E-state index in [-0.39, 0.29) is 6.61 Å². The molecule has 0 amide bonds. The number of β-amino-alcohol motifs (C(OH)–C–C–N with tert-alkyl or cyclic N) is 1. The van der Waals surface area contributed by atoms with Gasteiger partial charge in [-0.2, -0.15) is 0 Å². The Bertz CT molecular complexity index is 782. The maximum absolute atomic E-state index is 9.13. The van der Waals surface area contributed by atoms with E-state index in [0.717, 1.165) is 67.1 Å². The number of aliphatic hydroxyl groups excluding tert-OH is 1. The average Bonchev–Trinajstić information content (AvgIpc) is 3.04. The first-order chi connectivity index (χ1) is 12.3. The van der Waals surface area contributed by atoms with E-state index in [2.05, 4.69) is 15.2 Å². The number of nitrogens with zero attached hydrogens (tertiary/aromatic N) is 3. The summed E-state index contributed by atoms with van der Waals surface area (Å²) in [6.45, 7) is 4.54. The number of aliphatic hydroxyl groups is 1. The van der Waals surface area contributed by atoms with E-state index in [1.807, 2.05) is 23.6 Å². The number of benzene rings is 1. The van der Waals surface area contributed by atoms with Crippen LogP contribution in [0.25, 0.3) is 0 Å². The van der Waals surface area contributed by atoms with Crippen LogP contribution in [0.15, 0.2) is 34.0 Å². The van der Waals surface area contributed by atoms with Crippen molar-refractivity contribution >= 4 is 22.9 Å². The summed E-state index contributed by atoms with van der Waals surface area (Å²) in [6.07, 6.45) is 0. The molecule has 132 valence electrons. The summed E-state index contributed by atoms with van der Waals surface area (Å²) in [7, 11) is 1.65. The van der Waals surface area contributed by atoms with E-state index in [9.17, 15) is 0 Å². The van der Waals surface area contributed by atoms with Crippen molar-refractivity contribution in [1.29, 1.82) is 0 Å². The van der Waals surface area contributed by atoms with Crippen molar-refractivity contribution in [3.63, 3.8) is 0 Å². The maximum Gasteiger partial charge on any atom is 0.153 e. The molecule has 1 saturated heterocycles. The topological polar surface area (TPSA) is 57.5 Å². The maximum atomic E-state index is 9.13. The van der Waals surface area contributed by atoms with Crippen molar-refractivity contribution in [1.82, 2.24) is 9.80 Å². The first-order valence-corrected chi connectivity index (χ1v) is 9.32. The standard InChI is InChI=1S/C18H21N3O3S/c1-23-13-2-3-16-15(10-13)19-18(14-11-25-12-17(14)24-16)21-6-4-20(5-7-21)8-9-22/h2-3,10-12,22H,4-9H2,1H3. The van der Waals surface area contributed by atoms with Crippen LogP contribution >= 0.6 is 11.3 Å². The second-order valence-corrected chi connectivity index (χ2v) is 6.82. The predicted molar refractivity (Wildman–Crippen MR) is 98.7 cm³/mol. The van der Waals surface area contributed by atoms with Gasteiger partial charge in [0.05, 0.1) is 19.3 Å². The van der Waals surface area contributed by atoms with Crippen molar-refractivity contribution in [3.05, 3.63) is 34.5 Å². The number of fused-ring (bicyclic) bond motifs is 2. The fourth-order valence-corrected chi connectivity index (χ4v) is 3.91. The molecule has 0 unspecified atom stereocenters. The van der Waals surface area contributed by atoms with Gasteiger partial charge in [-0.1, -0.05) is 0 Å². The molecular weight excluding hydrogens is 338 g/mol. The Labute approximate surface area is 150 Å². The average molecular weight is 359 g/mol. The SMILES string of the molecule is COc1ccc2c(c1)N=C(N1CCN(CCO)CC1)c1cscc1O2. The van der Waals surface area contributed by atoms with Crippen LogP contribution in [0.4, 0.5) is 5.69 Å². The molecule has 1 aromatic carbocycles. The molecule has 1 aromatic heterocycles. The molecule has 6 nitrogen and oxygen atoms in total. The lowest BCUT2D eigenvalue weighted by atomic mass is 10.2. The van der Waals surface area contributed by atoms with Crippen molar-refractivity contribution in [2.75, 3.05) is 46.4 Å². The van der Waals surface area contributed by atoms with Gasteiger partial charge >= 0.3 is 0 Å². The molecule has 2 aromatic rings. The summed E-state index contributed by atoms with van der Waals surface area (Å²) in [5.74, 6) is 3.31. The second kappa shape index (κ2) is 7.03. The van der Waals surface area contributed by atoms with Crippen LogP contribution < -0.4 is 9.47 Å². The predicted octanol–water partition coefficient (Wildman–Crippen LogP) is 2.55. The lowest BCUT2D eigenvalue weighted by Gasteiger charge is -2.36. The van der Waals surface area contributed by atoms with E-state index < -0.39 is 0 Å². The molecule has 0 aliphatic carbocycles. The number of thiophene rings is 1. The first kappa shape index (κ1) is 16.4. The van der Waals surface area contributed by atoms with Gasteiger partial charge in [0.25, 0.3) is 0 Å². The molecule has 7 heteroatoms. The van der Waals surface area contributed by atoms with Crippen LogP contribution in [-0.4, -0.2) is 67.2 Å². The minimum Gasteiger partial charge on any atom is -0.497 e. The lowest BCUT2D eigenvalue weighted by molar-refractivity contribution is 0.147. The number of rotatable bonds is 3. The van der Waals surface area contributed by atoms with E-state index in [0.29, 0.717) is 0 Å². The van der Waals surface area contributed by atoms with Crippen LogP contribution in [-0.2, 0) is 0 Å². The van der Waals surface area contributed by atoms with Crippen LogP contribution in [0.5, 0.6) is 17.2 Å². The molecule has 4 rings (SSSR count). The highest BCUT2D eigenvalue weighted by atomic mass is 32.1. The third kappa shape index (κ3) is 3.22. The van der Waals surface area contributed by atoms with Gasteiger partial charge in [0.2, 0.25) is 0 Å². The summed E-state index contributed by atoms with van der Waals surface area (Å²) in [6, 6.07) is 5.70. The molecule has 1 fully saturated rings. The van der Waals surface area contributed by atoms with Crippen molar-refractivity contribution in [2.45, 2.75) is 0 Å². The highest BCUT2D eigenvalue weighted by molar-refractivity contribution is 7.08. The zero-order chi connectivity index (χ0) is 17.2. The highest BCUT2D eigenvalue weighted by Gasteiger charge is 2.26. The quantitative estimate of drug-likeness (QED) is 0.913. The molecule has 2 aliphatic heterocycles. The number of hydrogen-bond donors (Lipinski definition) is 1. The zero-order valence-corrected chi connectivity index (χ0v) is 15.0. The fourth-order valence-electron chi connectivity index (χ4n) is 3.18. The Morgan fingerprint density at radius 1 is 1.20 bits per heavy atom. The van der Waals surface area contributed by atoms with E-state index in [1.54, 1.807) is 18.4 Å². The number of hydrogen-bond acceptors (Lipinski definition) is 7. The molecule has 0 bridgehead atoms. The minimum absolute atomic E-state index is 0.205. The molecule has 1 N–H and O–H groups in total. The van der Waals surface area contributed by atoms with Gasteiger partial charge in [0.15, 0.2) is 5.75 Å². The monoisotopic (exact) mass is 359 g/mol.